The molecular formula is C11H28O9S3Ti. The summed E-state index contributed by atoms with van der Waals surface area (Å²) >= 11 is -2.88. The van der Waals surface area contributed by atoms with Crippen LogP contribution < -0.4 is 0 Å². The van der Waals surface area contributed by atoms with Crippen LogP contribution in [0.4, 0.5) is 0 Å². The summed E-state index contributed by atoms with van der Waals surface area (Å²) in [6.45, 7) is 7.28. The molecule has 0 aromatic heterocycles. The topological polar surface area (TPSA) is 172 Å². The Morgan fingerprint density at radius 2 is 1.12 bits per heavy atom. The Morgan fingerprint density at radius 3 is 1.12 bits per heavy atom. The van der Waals surface area contributed by atoms with Gasteiger partial charge >= 0.3 is 23.7 Å². The number of hydrogen-bond donors (Lipinski definition) is 2. The molecule has 0 aromatic rings. The fourth-order valence-corrected chi connectivity index (χ4v) is 1.77. The van der Waals surface area contributed by atoms with E-state index in [4.69, 9.17) is 13.0 Å². The predicted molar refractivity (Wildman–Crippen MR) is 88.3 cm³/mol. The van der Waals surface area contributed by atoms with E-state index >= 15 is 0 Å². The summed E-state index contributed by atoms with van der Waals surface area (Å²) in [4.78, 5) is 0. The number of aliphatic hydroxyl groups excluding tert-OH is 1. The van der Waals surface area contributed by atoms with E-state index in [-0.39, 0.29) is 12.4 Å². The van der Waals surface area contributed by atoms with Crippen LogP contribution in [0.5, 0.6) is 0 Å². The maximum absolute atomic E-state index is 9.79. The predicted octanol–water partition coefficient (Wildman–Crippen LogP) is 0.713. The van der Waals surface area contributed by atoms with E-state index in [9.17, 15) is 25.9 Å². The van der Waals surface area contributed by atoms with Crippen LogP contribution >= 0.6 is 0 Å². The third kappa shape index (κ3) is 93.8. The van der Waals surface area contributed by atoms with Crippen molar-refractivity contribution in [2.45, 2.75) is 47.0 Å². The molecule has 0 rings (SSSR count). The van der Waals surface area contributed by atoms with Gasteiger partial charge in [-0.05, 0) is 26.2 Å². The summed E-state index contributed by atoms with van der Waals surface area (Å²) in [6.07, 6.45) is 1.91. The molecule has 0 aliphatic heterocycles. The quantitative estimate of drug-likeness (QED) is 0.337. The molecule has 2 atom stereocenters. The molecule has 9 nitrogen and oxygen atoms in total. The summed E-state index contributed by atoms with van der Waals surface area (Å²) in [5, 5.41) is 7.57. The van der Waals surface area contributed by atoms with Crippen LogP contribution in [0.1, 0.15) is 47.0 Å². The van der Waals surface area contributed by atoms with Gasteiger partial charge in [0.15, 0.2) is 0 Å². The Bertz CT molecular complexity index is 348. The molecule has 0 bridgehead atoms. The molecular weight excluding hydrogens is 420 g/mol. The van der Waals surface area contributed by atoms with Crippen molar-refractivity contribution in [3.63, 3.8) is 0 Å². The summed E-state index contributed by atoms with van der Waals surface area (Å²) in [6, 6.07) is 0. The van der Waals surface area contributed by atoms with Crippen LogP contribution in [0.3, 0.4) is 0 Å². The van der Waals surface area contributed by atoms with Gasteiger partial charge in [0.25, 0.3) is 10.1 Å². The van der Waals surface area contributed by atoms with Crippen molar-refractivity contribution in [1.29, 1.82) is 0 Å². The zero-order valence-electron chi connectivity index (χ0n) is 14.4. The Labute approximate surface area is 162 Å². The fourth-order valence-electron chi connectivity index (χ4n) is 0.591. The van der Waals surface area contributed by atoms with Crippen molar-refractivity contribution in [3.05, 3.63) is 0 Å². The van der Waals surface area contributed by atoms with Crippen LogP contribution in [-0.4, -0.2) is 59.5 Å². The second-order valence-electron chi connectivity index (χ2n) is 3.62. The van der Waals surface area contributed by atoms with E-state index in [1.54, 1.807) is 13.8 Å². The Hall–Kier alpha value is 0.604. The molecule has 2 unspecified atom stereocenters. The summed E-state index contributed by atoms with van der Waals surface area (Å²) < 4.78 is 74.2. The van der Waals surface area contributed by atoms with Gasteiger partial charge in [0.2, 0.25) is 0 Å². The number of hydrogen-bond acceptors (Lipinski definition) is 8. The molecule has 24 heavy (non-hydrogen) atoms. The van der Waals surface area contributed by atoms with Crippen molar-refractivity contribution in [2.75, 3.05) is 23.9 Å². The first kappa shape index (κ1) is 35.7. The third-order valence-corrected chi connectivity index (χ3v) is 3.61. The van der Waals surface area contributed by atoms with Crippen molar-refractivity contribution < 1.29 is 59.3 Å². The molecule has 0 spiro atoms. The van der Waals surface area contributed by atoms with Crippen LogP contribution in [0.2, 0.25) is 0 Å². The molecule has 0 radical (unpaired) electrons. The molecule has 0 aliphatic carbocycles. The first-order chi connectivity index (χ1) is 11.0. The van der Waals surface area contributed by atoms with Crippen LogP contribution in [-0.2, 0) is 56.0 Å². The van der Waals surface area contributed by atoms with E-state index in [2.05, 4.69) is 0 Å². The second-order valence-corrected chi connectivity index (χ2v) is 7.22. The second kappa shape index (κ2) is 31.4. The van der Waals surface area contributed by atoms with Gasteiger partial charge < -0.3 is 14.2 Å². The molecule has 0 amide bonds. The fraction of sp³-hybridized carbons (Fsp3) is 1.00. The average Bonchev–Trinajstić information content (AvgIpc) is 2.41. The molecule has 0 saturated carbocycles. The standard InChI is InChI=1S/C3H8O3S.2C3H8O2S.C2H6O.O.Ti/c1-2-3-7(4,5)6;2*1-2-3-6(4)5;1-2-3;;/h2-3H2,1H3,(H,4,5,6);2*2-3H2,1H3,(H,4,5);3H,2H2,1H3;;/q;;;;;+2/p-2. The van der Waals surface area contributed by atoms with E-state index in [1.165, 1.54) is 0 Å². The molecule has 0 saturated heterocycles. The minimum atomic E-state index is -3.67. The van der Waals surface area contributed by atoms with Crippen molar-refractivity contribution in [2.24, 2.45) is 0 Å². The normalized spacial score (nSPS) is 11.6. The van der Waals surface area contributed by atoms with Crippen LogP contribution in [0.15, 0.2) is 0 Å². The van der Waals surface area contributed by atoms with E-state index in [0.717, 1.165) is 33.2 Å². The first-order valence-corrected chi connectivity index (χ1v) is 11.6. The van der Waals surface area contributed by atoms with Gasteiger partial charge in [-0.2, -0.15) is 8.42 Å². The van der Waals surface area contributed by atoms with Crippen LogP contribution in [0.25, 0.3) is 0 Å². The number of aliphatic hydroxyl groups is 1. The summed E-state index contributed by atoms with van der Waals surface area (Å²) in [5.41, 5.74) is 0. The molecule has 0 aromatic carbocycles. The monoisotopic (exact) mass is 448 g/mol. The minimum absolute atomic E-state index is 0.132. The van der Waals surface area contributed by atoms with Crippen molar-refractivity contribution >= 4 is 32.3 Å². The molecule has 0 fully saturated rings. The Morgan fingerprint density at radius 1 is 0.875 bits per heavy atom. The van der Waals surface area contributed by atoms with Crippen LogP contribution in [0, 0.1) is 0 Å². The zero-order chi connectivity index (χ0) is 20.6. The van der Waals surface area contributed by atoms with Crippen molar-refractivity contribution in [3.8, 4) is 0 Å². The van der Waals surface area contributed by atoms with E-state index in [0.29, 0.717) is 17.9 Å². The zero-order valence-corrected chi connectivity index (χ0v) is 18.4. The molecule has 2 N–H and O–H groups in total. The van der Waals surface area contributed by atoms with Gasteiger partial charge in [-0.3, -0.25) is 13.0 Å². The van der Waals surface area contributed by atoms with Gasteiger partial charge in [-0.1, -0.05) is 42.9 Å². The Kier molecular flexibility index (Phi) is 46.6. The van der Waals surface area contributed by atoms with Gasteiger partial charge in [0.05, 0.1) is 5.75 Å². The van der Waals surface area contributed by atoms with Gasteiger partial charge in [-0.15, -0.1) is 0 Å². The molecule has 148 valence electrons. The molecule has 13 heteroatoms. The SMILES string of the molecule is CCCS(=O)(=O)O.CCCS(=O)[O-].CCCS(=O)[O-].CCO.[O]=[Ti+2]. The van der Waals surface area contributed by atoms with E-state index < -0.39 is 32.3 Å². The van der Waals surface area contributed by atoms with E-state index in [1.807, 2.05) is 13.8 Å². The molecule has 0 aliphatic rings. The van der Waals surface area contributed by atoms with Gasteiger partial charge in [-0.25, -0.2) is 0 Å². The first-order valence-electron chi connectivity index (χ1n) is 6.90. The number of rotatable bonds is 6. The third-order valence-electron chi connectivity index (χ3n) is 1.20. The summed E-state index contributed by atoms with van der Waals surface area (Å²) in [7, 11) is -3.67. The van der Waals surface area contributed by atoms with Gasteiger partial charge in [0, 0.05) is 18.1 Å². The van der Waals surface area contributed by atoms with Crippen molar-refractivity contribution in [1.82, 2.24) is 0 Å². The average molecular weight is 448 g/mol. The Balaban J connectivity index is -0.0000000664. The van der Waals surface area contributed by atoms with Gasteiger partial charge in [0.1, 0.15) is 0 Å². The molecule has 0 heterocycles. The summed E-state index contributed by atoms with van der Waals surface area (Å²) in [5.74, 6) is 0.451. The maximum atomic E-state index is 9.79.